The molecule has 4 aliphatic carbocycles. The van der Waals surface area contributed by atoms with Crippen molar-refractivity contribution in [1.82, 2.24) is 0 Å². The minimum Gasteiger partial charge on any atom is -0.462 e. The van der Waals surface area contributed by atoms with Gasteiger partial charge >= 0.3 is 5.97 Å². The molecule has 0 spiro atoms. The molecule has 59 heavy (non-hydrogen) atoms. The Labute approximate surface area is 349 Å². The lowest BCUT2D eigenvalue weighted by Gasteiger charge is -2.63. The molecule has 6 fully saturated rings. The summed E-state index contributed by atoms with van der Waals surface area (Å²) in [6.45, 7) is 12.4. The van der Waals surface area contributed by atoms with Gasteiger partial charge in [0, 0.05) is 47.5 Å². The molecule has 0 radical (unpaired) electrons. The molecule has 3 saturated heterocycles. The molecule has 7 aliphatic rings. The second kappa shape index (κ2) is 17.2. The van der Waals surface area contributed by atoms with Crippen LogP contribution >= 0.6 is 0 Å². The zero-order valence-corrected chi connectivity index (χ0v) is 36.6. The first-order valence-electron chi connectivity index (χ1n) is 21.8. The molecule has 0 unspecified atom stereocenters. The summed E-state index contributed by atoms with van der Waals surface area (Å²) in [7, 11) is 4.88. The van der Waals surface area contributed by atoms with Gasteiger partial charge in [0.2, 0.25) is 0 Å². The molecule has 20 atom stereocenters. The standard InChI is InChI=1S/C44H70O15/c1-22-38(47)31(50-8)19-36(53-22)58-40-24(3)55-37(21-33(40)52-10)59-39-23(2)54-35(20-32(39)51-9)57-28-13-14-41(6)27(17-28)11-12-29-30(41)18-34(56-26(5)46)42(7)43(48,25(4)45)15-16-44(29,42)49/h11,22-24,28-40,47-49H,12-21H2,1-10H3/t22-,23-,24-,28+,29-,30+,31-,32+,33+,34-,35+,36+,37+,38-,39-,40-,41+,42-,43-,44+/m1/s1. The molecule has 3 aliphatic heterocycles. The van der Waals surface area contributed by atoms with Crippen molar-refractivity contribution in [3.8, 4) is 0 Å². The molecular formula is C44H70O15. The number of aliphatic hydroxyl groups is 3. The number of carbonyl (C=O) groups excluding carboxylic acids is 2. The molecule has 0 aromatic carbocycles. The van der Waals surface area contributed by atoms with Gasteiger partial charge in [-0.15, -0.1) is 0 Å². The van der Waals surface area contributed by atoms with Crippen LogP contribution in [0.2, 0.25) is 0 Å². The number of ether oxygens (including phenoxy) is 10. The van der Waals surface area contributed by atoms with Crippen molar-refractivity contribution >= 4 is 11.8 Å². The topological polar surface area (TPSA) is 187 Å². The fourth-order valence-electron chi connectivity index (χ4n) is 12.6. The van der Waals surface area contributed by atoms with Crippen molar-refractivity contribution in [3.05, 3.63) is 11.6 Å². The van der Waals surface area contributed by atoms with Crippen LogP contribution in [0.3, 0.4) is 0 Å². The summed E-state index contributed by atoms with van der Waals surface area (Å²) in [6, 6.07) is 0. The van der Waals surface area contributed by atoms with Crippen LogP contribution in [-0.4, -0.2) is 146 Å². The highest BCUT2D eigenvalue weighted by molar-refractivity contribution is 5.87. The third kappa shape index (κ3) is 7.79. The number of Topliss-reactive ketones (excluding diaryl/α,β-unsaturated/α-hetero) is 1. The van der Waals surface area contributed by atoms with Crippen LogP contribution in [0.25, 0.3) is 0 Å². The zero-order chi connectivity index (χ0) is 42.8. The van der Waals surface area contributed by atoms with Crippen molar-refractivity contribution in [3.63, 3.8) is 0 Å². The van der Waals surface area contributed by atoms with Crippen molar-refractivity contribution in [1.29, 1.82) is 0 Å². The van der Waals surface area contributed by atoms with Gasteiger partial charge in [-0.3, -0.25) is 9.59 Å². The van der Waals surface area contributed by atoms with Gasteiger partial charge in [0.05, 0.1) is 53.7 Å². The summed E-state index contributed by atoms with van der Waals surface area (Å²) in [4.78, 5) is 25.4. The molecule has 7 rings (SSSR count). The van der Waals surface area contributed by atoms with Gasteiger partial charge in [0.1, 0.15) is 30.0 Å². The smallest absolute Gasteiger partial charge is 0.302 e. The number of fused-ring (bicyclic) bond motifs is 5. The number of esters is 1. The quantitative estimate of drug-likeness (QED) is 0.201. The Kier molecular flexibility index (Phi) is 13.2. The van der Waals surface area contributed by atoms with Crippen molar-refractivity contribution < 1.29 is 72.3 Å². The Morgan fingerprint density at radius 2 is 1.27 bits per heavy atom. The minimum atomic E-state index is -1.79. The van der Waals surface area contributed by atoms with E-state index in [0.29, 0.717) is 38.5 Å². The SMILES string of the molecule is CO[C@H]1C[C@H](O[C@H]2CC[C@@]3(C)C(=CC[C@@H]4[C@@H]3C[C@@H](OC(C)=O)[C@]3(C)[C@](O)(C(C)=O)CC[C@]43O)C2)O[C@H](C)[C@H]1O[C@H]1C[C@H](OC)[C@H](O[C@H]2C[C@@H](OC)[C@H](O)[C@@H](C)O2)[C@@H](C)O1. The number of methoxy groups -OCH3 is 3. The van der Waals surface area contributed by atoms with Gasteiger partial charge in [0.25, 0.3) is 0 Å². The van der Waals surface area contributed by atoms with E-state index in [0.717, 1.165) is 12.8 Å². The summed E-state index contributed by atoms with van der Waals surface area (Å²) in [5.41, 5.74) is -3.54. The van der Waals surface area contributed by atoms with E-state index in [9.17, 15) is 24.9 Å². The first-order valence-corrected chi connectivity index (χ1v) is 21.8. The number of aliphatic hydroxyl groups excluding tert-OH is 1. The number of carbonyl (C=O) groups is 2. The zero-order valence-electron chi connectivity index (χ0n) is 36.6. The summed E-state index contributed by atoms with van der Waals surface area (Å²) < 4.78 is 61.8. The van der Waals surface area contributed by atoms with Gasteiger partial charge < -0.3 is 62.7 Å². The highest BCUT2D eigenvalue weighted by Crippen LogP contribution is 2.69. The third-order valence-corrected chi connectivity index (χ3v) is 16.1. The van der Waals surface area contributed by atoms with Gasteiger partial charge in [0.15, 0.2) is 24.7 Å². The van der Waals surface area contributed by atoms with Crippen LogP contribution in [0, 0.1) is 22.7 Å². The highest BCUT2D eigenvalue weighted by atomic mass is 16.7. The first kappa shape index (κ1) is 45.4. The maximum absolute atomic E-state index is 13.0. The third-order valence-electron chi connectivity index (χ3n) is 16.1. The van der Waals surface area contributed by atoms with Crippen molar-refractivity contribution in [2.75, 3.05) is 21.3 Å². The van der Waals surface area contributed by atoms with Crippen LogP contribution in [0.15, 0.2) is 11.6 Å². The molecule has 336 valence electrons. The summed E-state index contributed by atoms with van der Waals surface area (Å²) in [5.74, 6) is -1.12. The molecule has 0 aromatic heterocycles. The van der Waals surface area contributed by atoms with Crippen LogP contribution in [0.5, 0.6) is 0 Å². The van der Waals surface area contributed by atoms with Gasteiger partial charge in [-0.25, -0.2) is 0 Å². The van der Waals surface area contributed by atoms with Gasteiger partial charge in [-0.05, 0) is 89.9 Å². The molecule has 3 saturated carbocycles. The Bertz CT molecular complexity index is 1560. The number of hydrogen-bond acceptors (Lipinski definition) is 15. The fourth-order valence-corrected chi connectivity index (χ4v) is 12.6. The van der Waals surface area contributed by atoms with Crippen LogP contribution in [0.1, 0.15) is 113 Å². The fraction of sp³-hybridized carbons (Fsp3) is 0.909. The Morgan fingerprint density at radius 1 is 0.729 bits per heavy atom. The lowest BCUT2D eigenvalue weighted by atomic mass is 9.44. The van der Waals surface area contributed by atoms with E-state index in [-0.39, 0.29) is 60.6 Å². The van der Waals surface area contributed by atoms with Crippen LogP contribution in [0.4, 0.5) is 0 Å². The van der Waals surface area contributed by atoms with E-state index in [1.807, 2.05) is 13.8 Å². The van der Waals surface area contributed by atoms with Gasteiger partial charge in [-0.1, -0.05) is 25.5 Å². The van der Waals surface area contributed by atoms with Crippen LogP contribution < -0.4 is 0 Å². The Balaban J connectivity index is 0.972. The second-order valence-corrected chi connectivity index (χ2v) is 19.0. The molecule has 15 nitrogen and oxygen atoms in total. The Morgan fingerprint density at radius 3 is 1.81 bits per heavy atom. The lowest BCUT2D eigenvalue weighted by molar-refractivity contribution is -0.338. The molecule has 0 bridgehead atoms. The van der Waals surface area contributed by atoms with Crippen LogP contribution in [-0.2, 0) is 57.0 Å². The Hall–Kier alpha value is -1.60. The number of rotatable bonds is 11. The first-order chi connectivity index (χ1) is 27.8. The van der Waals surface area contributed by atoms with Crippen molar-refractivity contribution in [2.45, 2.75) is 210 Å². The lowest BCUT2D eigenvalue weighted by Crippen LogP contribution is -2.71. The predicted molar refractivity (Wildman–Crippen MR) is 210 cm³/mol. The van der Waals surface area contributed by atoms with E-state index < -0.39 is 83.9 Å². The number of ketones is 1. The maximum Gasteiger partial charge on any atom is 0.302 e. The number of hydrogen-bond donors (Lipinski definition) is 3. The summed E-state index contributed by atoms with van der Waals surface area (Å²) in [6.07, 6.45) is 0.686. The summed E-state index contributed by atoms with van der Waals surface area (Å²) >= 11 is 0. The maximum atomic E-state index is 13.0. The monoisotopic (exact) mass is 838 g/mol. The largest absolute Gasteiger partial charge is 0.462 e. The number of allylic oxidation sites excluding steroid dienone is 1. The molecule has 3 N–H and O–H groups in total. The van der Waals surface area contributed by atoms with E-state index >= 15 is 0 Å². The molecule has 0 amide bonds. The average Bonchev–Trinajstić information content (AvgIpc) is 3.41. The molecule has 0 aromatic rings. The van der Waals surface area contributed by atoms with E-state index in [1.165, 1.54) is 19.4 Å². The molecule has 15 heteroatoms. The van der Waals surface area contributed by atoms with E-state index in [4.69, 9.17) is 47.4 Å². The minimum absolute atomic E-state index is 0.0208. The van der Waals surface area contributed by atoms with Gasteiger partial charge in [-0.2, -0.15) is 0 Å². The molecular weight excluding hydrogens is 768 g/mol. The van der Waals surface area contributed by atoms with E-state index in [2.05, 4.69) is 13.0 Å². The normalized spacial score (nSPS) is 51.2. The highest BCUT2D eigenvalue weighted by Gasteiger charge is 2.76. The summed E-state index contributed by atoms with van der Waals surface area (Å²) in [5, 5.41) is 34.8. The van der Waals surface area contributed by atoms with E-state index in [1.54, 1.807) is 35.2 Å². The second-order valence-electron chi connectivity index (χ2n) is 19.0. The molecule has 3 heterocycles. The predicted octanol–water partition coefficient (Wildman–Crippen LogP) is 3.89. The average molecular weight is 839 g/mol. The van der Waals surface area contributed by atoms with Crippen molar-refractivity contribution in [2.24, 2.45) is 22.7 Å².